The quantitative estimate of drug-likeness (QED) is 0.442. The Morgan fingerprint density at radius 3 is 3.06 bits per heavy atom. The Morgan fingerprint density at radius 1 is 1.53 bits per heavy atom. The van der Waals surface area contributed by atoms with Crippen LogP contribution in [0.1, 0.15) is 32.5 Å². The van der Waals surface area contributed by atoms with Gasteiger partial charge in [-0.2, -0.15) is 0 Å². The van der Waals surface area contributed by atoms with Crippen LogP contribution in [-0.2, 0) is 4.79 Å². The van der Waals surface area contributed by atoms with Crippen LogP contribution in [0.5, 0.6) is 0 Å². The molecule has 0 atom stereocenters. The fraction of sp³-hybridized carbons (Fsp3) is 0.545. The largest absolute Gasteiger partial charge is 0.353 e. The summed E-state index contributed by atoms with van der Waals surface area (Å²) < 4.78 is 0. The average molecular weight is 254 g/mol. The second-order valence-corrected chi connectivity index (χ2v) is 4.65. The molecule has 1 aromatic heterocycles. The molecule has 5 nitrogen and oxygen atoms in total. The molecule has 94 valence electrons. The monoisotopic (exact) mass is 254 g/mol. The van der Waals surface area contributed by atoms with E-state index in [-0.39, 0.29) is 5.91 Å². The second kappa shape index (κ2) is 7.89. The first-order chi connectivity index (χ1) is 8.26. The van der Waals surface area contributed by atoms with Gasteiger partial charge in [0.2, 0.25) is 11.1 Å². The van der Waals surface area contributed by atoms with Crippen molar-refractivity contribution in [1.82, 2.24) is 20.5 Å². The molecular weight excluding hydrogens is 236 g/mol. The van der Waals surface area contributed by atoms with Crippen molar-refractivity contribution in [1.29, 1.82) is 0 Å². The van der Waals surface area contributed by atoms with Gasteiger partial charge in [0.05, 0.1) is 0 Å². The number of unbranched alkanes of at least 4 members (excludes halogenated alkanes) is 1. The van der Waals surface area contributed by atoms with E-state index in [9.17, 15) is 4.79 Å². The molecule has 0 saturated heterocycles. The van der Waals surface area contributed by atoms with Gasteiger partial charge in [-0.15, -0.1) is 5.10 Å². The summed E-state index contributed by atoms with van der Waals surface area (Å²) in [4.78, 5) is 15.6. The molecule has 0 saturated carbocycles. The SMILES string of the molecule is CCCCNC(=O)/C=C\c1nc(SCC)n[nH]1. The number of amides is 1. The Bertz CT molecular complexity index is 375. The Balaban J connectivity index is 2.38. The molecule has 0 aromatic carbocycles. The van der Waals surface area contributed by atoms with E-state index in [1.165, 1.54) is 6.08 Å². The van der Waals surface area contributed by atoms with Crippen LogP contribution in [0, 0.1) is 0 Å². The molecular formula is C11H18N4OS. The van der Waals surface area contributed by atoms with E-state index in [0.717, 1.165) is 18.6 Å². The second-order valence-electron chi connectivity index (χ2n) is 3.41. The zero-order valence-electron chi connectivity index (χ0n) is 10.2. The molecule has 0 unspecified atom stereocenters. The van der Waals surface area contributed by atoms with Crippen LogP contribution in [0.2, 0.25) is 0 Å². The van der Waals surface area contributed by atoms with E-state index in [0.29, 0.717) is 17.5 Å². The van der Waals surface area contributed by atoms with Gasteiger partial charge in [-0.3, -0.25) is 9.89 Å². The highest BCUT2D eigenvalue weighted by Gasteiger charge is 2.00. The Morgan fingerprint density at radius 2 is 2.35 bits per heavy atom. The summed E-state index contributed by atoms with van der Waals surface area (Å²) in [5.74, 6) is 1.43. The van der Waals surface area contributed by atoms with E-state index in [1.807, 2.05) is 6.92 Å². The number of nitrogens with zero attached hydrogens (tertiary/aromatic N) is 2. The van der Waals surface area contributed by atoms with Gasteiger partial charge in [-0.1, -0.05) is 32.0 Å². The fourth-order valence-corrected chi connectivity index (χ4v) is 1.66. The van der Waals surface area contributed by atoms with Crippen LogP contribution in [-0.4, -0.2) is 33.4 Å². The maximum absolute atomic E-state index is 11.4. The zero-order chi connectivity index (χ0) is 12.5. The molecule has 2 N–H and O–H groups in total. The van der Waals surface area contributed by atoms with Crippen LogP contribution < -0.4 is 5.32 Å². The van der Waals surface area contributed by atoms with Gasteiger partial charge in [0.1, 0.15) is 5.82 Å². The highest BCUT2D eigenvalue weighted by molar-refractivity contribution is 7.99. The summed E-state index contributed by atoms with van der Waals surface area (Å²) in [6, 6.07) is 0. The first kappa shape index (κ1) is 13.8. The zero-order valence-corrected chi connectivity index (χ0v) is 11.0. The van der Waals surface area contributed by atoms with Crippen LogP contribution in [0.25, 0.3) is 6.08 Å². The first-order valence-corrected chi connectivity index (χ1v) is 6.76. The number of hydrogen-bond donors (Lipinski definition) is 2. The number of nitrogens with one attached hydrogen (secondary N) is 2. The number of aromatic amines is 1. The van der Waals surface area contributed by atoms with Gasteiger partial charge in [-0.25, -0.2) is 4.98 Å². The molecule has 1 amide bonds. The van der Waals surface area contributed by atoms with Crippen molar-refractivity contribution in [3.05, 3.63) is 11.9 Å². The van der Waals surface area contributed by atoms with Gasteiger partial charge in [0.25, 0.3) is 0 Å². The normalized spacial score (nSPS) is 10.9. The van der Waals surface area contributed by atoms with Crippen molar-refractivity contribution in [3.63, 3.8) is 0 Å². The Labute approximate surface area is 105 Å². The van der Waals surface area contributed by atoms with E-state index >= 15 is 0 Å². The number of carbonyl (C=O) groups is 1. The van der Waals surface area contributed by atoms with Gasteiger partial charge in [0, 0.05) is 12.6 Å². The number of rotatable bonds is 7. The lowest BCUT2D eigenvalue weighted by Gasteiger charge is -1.98. The predicted molar refractivity (Wildman–Crippen MR) is 69.7 cm³/mol. The Hall–Kier alpha value is -1.30. The summed E-state index contributed by atoms with van der Waals surface area (Å²) in [5, 5.41) is 10.3. The molecule has 0 fully saturated rings. The first-order valence-electron chi connectivity index (χ1n) is 5.77. The molecule has 0 aliphatic carbocycles. The smallest absolute Gasteiger partial charge is 0.244 e. The van der Waals surface area contributed by atoms with Gasteiger partial charge < -0.3 is 5.32 Å². The highest BCUT2D eigenvalue weighted by atomic mass is 32.2. The van der Waals surface area contributed by atoms with E-state index in [1.54, 1.807) is 17.8 Å². The minimum Gasteiger partial charge on any atom is -0.353 e. The highest BCUT2D eigenvalue weighted by Crippen LogP contribution is 2.11. The predicted octanol–water partition coefficient (Wildman–Crippen LogP) is 1.85. The summed E-state index contributed by atoms with van der Waals surface area (Å²) >= 11 is 1.56. The van der Waals surface area contributed by atoms with Crippen molar-refractivity contribution in [2.45, 2.75) is 31.8 Å². The minimum atomic E-state index is -0.0976. The molecule has 1 aromatic rings. The summed E-state index contributed by atoms with van der Waals surface area (Å²) in [5.41, 5.74) is 0. The van der Waals surface area contributed by atoms with Gasteiger partial charge >= 0.3 is 0 Å². The third kappa shape index (κ3) is 5.53. The minimum absolute atomic E-state index is 0.0976. The molecule has 0 aliphatic rings. The third-order valence-corrected chi connectivity index (χ3v) is 2.71. The molecule has 1 heterocycles. The van der Waals surface area contributed by atoms with Crippen LogP contribution in [0.15, 0.2) is 11.2 Å². The van der Waals surface area contributed by atoms with Gasteiger partial charge in [0.15, 0.2) is 0 Å². The van der Waals surface area contributed by atoms with Crippen molar-refractivity contribution in [2.24, 2.45) is 0 Å². The van der Waals surface area contributed by atoms with Crippen molar-refractivity contribution in [3.8, 4) is 0 Å². The summed E-state index contributed by atoms with van der Waals surface area (Å²) in [6.07, 6.45) is 5.17. The standard InChI is InChI=1S/C11H18N4OS/c1-3-5-8-12-10(16)7-6-9-13-11(15-14-9)17-4-2/h6-7H,3-5,8H2,1-2H3,(H,12,16)(H,13,14,15)/b7-6-. The third-order valence-electron chi connectivity index (χ3n) is 1.98. The number of aromatic nitrogens is 3. The van der Waals surface area contributed by atoms with E-state index < -0.39 is 0 Å². The lowest BCUT2D eigenvalue weighted by Crippen LogP contribution is -2.21. The van der Waals surface area contributed by atoms with Crippen molar-refractivity contribution < 1.29 is 4.79 Å². The molecule has 17 heavy (non-hydrogen) atoms. The van der Waals surface area contributed by atoms with Gasteiger partial charge in [-0.05, 0) is 18.2 Å². The molecule has 0 aliphatic heterocycles. The maximum atomic E-state index is 11.4. The summed E-state index contributed by atoms with van der Waals surface area (Å²) in [6.45, 7) is 4.84. The number of thioether (sulfide) groups is 1. The topological polar surface area (TPSA) is 70.7 Å². The molecule has 1 rings (SSSR count). The lowest BCUT2D eigenvalue weighted by atomic mass is 10.3. The molecule has 0 bridgehead atoms. The average Bonchev–Trinajstić information content (AvgIpc) is 2.75. The van der Waals surface area contributed by atoms with Crippen LogP contribution >= 0.6 is 11.8 Å². The number of H-pyrrole nitrogens is 1. The fourth-order valence-electron chi connectivity index (χ4n) is 1.13. The lowest BCUT2D eigenvalue weighted by molar-refractivity contribution is -0.116. The van der Waals surface area contributed by atoms with Crippen LogP contribution in [0.4, 0.5) is 0 Å². The van der Waals surface area contributed by atoms with Crippen molar-refractivity contribution >= 4 is 23.7 Å². The molecule has 0 radical (unpaired) electrons. The summed E-state index contributed by atoms with van der Waals surface area (Å²) in [7, 11) is 0. The van der Waals surface area contributed by atoms with Crippen molar-refractivity contribution in [2.75, 3.05) is 12.3 Å². The number of hydrogen-bond acceptors (Lipinski definition) is 4. The number of carbonyl (C=O) groups excluding carboxylic acids is 1. The van der Waals surface area contributed by atoms with E-state index in [4.69, 9.17) is 0 Å². The molecule has 0 spiro atoms. The van der Waals surface area contributed by atoms with E-state index in [2.05, 4.69) is 27.4 Å². The van der Waals surface area contributed by atoms with Crippen LogP contribution in [0.3, 0.4) is 0 Å². The maximum Gasteiger partial charge on any atom is 0.244 e. The Kier molecular flexibility index (Phi) is 6.39. The molecule has 6 heteroatoms.